The van der Waals surface area contributed by atoms with Crippen LogP contribution in [0.5, 0.6) is 0 Å². The summed E-state index contributed by atoms with van der Waals surface area (Å²) >= 11 is 1.54. The Balaban J connectivity index is 1.18. The first kappa shape index (κ1) is 27.0. The van der Waals surface area contributed by atoms with Crippen molar-refractivity contribution in [3.63, 3.8) is 0 Å². The molecule has 2 aliphatic heterocycles. The maximum atomic E-state index is 13.1. The SMILES string of the molecule is NC(=O)c1csc(C2CCN(CC[C@@H](c3ccccc3)N3CCN(S(=O)(=O)c4ccccc4)CC3)CC2)n1. The number of nitrogens with two attached hydrogens (primary N) is 1. The number of likely N-dealkylation sites (tertiary alicyclic amines) is 1. The van der Waals surface area contributed by atoms with Crippen LogP contribution >= 0.6 is 11.3 Å². The summed E-state index contributed by atoms with van der Waals surface area (Å²) in [5, 5.41) is 2.78. The van der Waals surface area contributed by atoms with Gasteiger partial charge in [0.2, 0.25) is 10.0 Å². The van der Waals surface area contributed by atoms with E-state index in [4.69, 9.17) is 5.73 Å². The van der Waals surface area contributed by atoms with Gasteiger partial charge >= 0.3 is 0 Å². The molecular weight excluding hydrogens is 518 g/mol. The molecule has 8 nitrogen and oxygen atoms in total. The van der Waals surface area contributed by atoms with Gasteiger partial charge in [0.1, 0.15) is 5.69 Å². The molecule has 2 aliphatic rings. The number of aromatic nitrogens is 1. The molecule has 3 aromatic rings. The van der Waals surface area contributed by atoms with Crippen LogP contribution in [0.1, 0.15) is 52.3 Å². The summed E-state index contributed by atoms with van der Waals surface area (Å²) in [5.74, 6) is -0.0794. The molecule has 2 aromatic carbocycles. The van der Waals surface area contributed by atoms with E-state index in [0.717, 1.165) is 43.9 Å². The van der Waals surface area contributed by atoms with Crippen LogP contribution in [0.25, 0.3) is 0 Å². The van der Waals surface area contributed by atoms with Gasteiger partial charge < -0.3 is 10.6 Å². The fraction of sp³-hybridized carbons (Fsp3) is 0.429. The topological polar surface area (TPSA) is 99.8 Å². The molecule has 0 saturated carbocycles. The van der Waals surface area contributed by atoms with Crippen molar-refractivity contribution in [3.05, 3.63) is 82.3 Å². The summed E-state index contributed by atoms with van der Waals surface area (Å²) in [6.07, 6.45) is 3.04. The minimum absolute atomic E-state index is 0.243. The summed E-state index contributed by atoms with van der Waals surface area (Å²) < 4.78 is 27.8. The summed E-state index contributed by atoms with van der Waals surface area (Å²) in [6.45, 7) is 5.39. The van der Waals surface area contributed by atoms with Gasteiger partial charge in [0.15, 0.2) is 0 Å². The molecule has 2 saturated heterocycles. The average molecular weight is 554 g/mol. The van der Waals surface area contributed by atoms with Crippen LogP contribution in [0.15, 0.2) is 70.9 Å². The third kappa shape index (κ3) is 6.16. The van der Waals surface area contributed by atoms with Crippen molar-refractivity contribution in [1.82, 2.24) is 19.1 Å². The molecular formula is C28H35N5O3S2. The average Bonchev–Trinajstić information content (AvgIpc) is 3.46. The molecule has 202 valence electrons. The van der Waals surface area contributed by atoms with E-state index < -0.39 is 15.9 Å². The van der Waals surface area contributed by atoms with Gasteiger partial charge in [-0.25, -0.2) is 13.4 Å². The fourth-order valence-corrected chi connectivity index (χ4v) is 7.95. The van der Waals surface area contributed by atoms with E-state index in [1.807, 2.05) is 12.1 Å². The second-order valence-electron chi connectivity index (χ2n) is 10.0. The Morgan fingerprint density at radius 2 is 1.58 bits per heavy atom. The number of primary amides is 1. The highest BCUT2D eigenvalue weighted by atomic mass is 32.2. The maximum Gasteiger partial charge on any atom is 0.268 e. The normalized spacial score (nSPS) is 19.4. The monoisotopic (exact) mass is 553 g/mol. The first-order valence-electron chi connectivity index (χ1n) is 13.2. The first-order valence-corrected chi connectivity index (χ1v) is 15.6. The molecule has 0 aliphatic carbocycles. The summed E-state index contributed by atoms with van der Waals surface area (Å²) in [4.78, 5) is 21.2. The van der Waals surface area contributed by atoms with Crippen molar-refractivity contribution >= 4 is 27.3 Å². The Morgan fingerprint density at radius 1 is 0.947 bits per heavy atom. The maximum absolute atomic E-state index is 13.1. The van der Waals surface area contributed by atoms with Crippen molar-refractivity contribution in [2.75, 3.05) is 45.8 Å². The second-order valence-corrected chi connectivity index (χ2v) is 12.8. The standard InChI is InChI=1S/C28H35N5O3S2/c29-27(34)25-21-37-28(30-25)23-11-14-31(15-12-23)16-13-26(22-7-3-1-4-8-22)32-17-19-33(20-18-32)38(35,36)24-9-5-2-6-10-24/h1-10,21,23,26H,11-20H2,(H2,29,34)/t26-/m0/s1. The first-order chi connectivity index (χ1) is 18.4. The molecule has 0 spiro atoms. The van der Waals surface area contributed by atoms with Gasteiger partial charge in [-0.1, -0.05) is 48.5 Å². The molecule has 1 amide bonds. The van der Waals surface area contributed by atoms with Gasteiger partial charge in [0, 0.05) is 43.5 Å². The van der Waals surface area contributed by atoms with Crippen molar-refractivity contribution in [2.45, 2.75) is 36.1 Å². The van der Waals surface area contributed by atoms with Gasteiger partial charge in [-0.05, 0) is 56.6 Å². The zero-order valence-corrected chi connectivity index (χ0v) is 23.1. The lowest BCUT2D eigenvalue weighted by Crippen LogP contribution is -2.50. The third-order valence-electron chi connectivity index (χ3n) is 7.71. The highest BCUT2D eigenvalue weighted by molar-refractivity contribution is 7.89. The van der Waals surface area contributed by atoms with Crippen LogP contribution in [0.4, 0.5) is 0 Å². The Morgan fingerprint density at radius 3 is 2.18 bits per heavy atom. The number of benzene rings is 2. The van der Waals surface area contributed by atoms with E-state index in [9.17, 15) is 13.2 Å². The minimum atomic E-state index is -3.47. The molecule has 2 fully saturated rings. The van der Waals surface area contributed by atoms with Gasteiger partial charge in [-0.2, -0.15) is 4.31 Å². The van der Waals surface area contributed by atoms with Crippen LogP contribution in [-0.2, 0) is 10.0 Å². The van der Waals surface area contributed by atoms with E-state index in [0.29, 0.717) is 42.7 Å². The lowest BCUT2D eigenvalue weighted by atomic mass is 9.96. The number of piperidine rings is 1. The van der Waals surface area contributed by atoms with Crippen molar-refractivity contribution in [2.24, 2.45) is 5.73 Å². The number of sulfonamides is 1. The van der Waals surface area contributed by atoms with Crippen LogP contribution in [0, 0.1) is 0 Å². The van der Waals surface area contributed by atoms with E-state index in [1.165, 1.54) is 16.9 Å². The van der Waals surface area contributed by atoms with Gasteiger partial charge in [-0.15, -0.1) is 11.3 Å². The lowest BCUT2D eigenvalue weighted by Gasteiger charge is -2.40. The van der Waals surface area contributed by atoms with Crippen molar-refractivity contribution in [1.29, 1.82) is 0 Å². The van der Waals surface area contributed by atoms with Crippen LogP contribution in [0.2, 0.25) is 0 Å². The number of rotatable bonds is 9. The zero-order valence-electron chi connectivity index (χ0n) is 21.5. The van der Waals surface area contributed by atoms with E-state index in [-0.39, 0.29) is 6.04 Å². The third-order valence-corrected chi connectivity index (χ3v) is 10.6. The van der Waals surface area contributed by atoms with Crippen LogP contribution in [-0.4, -0.2) is 79.2 Å². The molecule has 10 heteroatoms. The van der Waals surface area contributed by atoms with E-state index >= 15 is 0 Å². The predicted molar refractivity (Wildman–Crippen MR) is 150 cm³/mol. The molecule has 1 aromatic heterocycles. The summed E-state index contributed by atoms with van der Waals surface area (Å²) in [5.41, 5.74) is 7.02. The van der Waals surface area contributed by atoms with Gasteiger partial charge in [0.25, 0.3) is 5.91 Å². The smallest absolute Gasteiger partial charge is 0.268 e. The van der Waals surface area contributed by atoms with Gasteiger partial charge in [-0.3, -0.25) is 9.69 Å². The number of nitrogens with zero attached hydrogens (tertiary/aromatic N) is 4. The number of hydrogen-bond acceptors (Lipinski definition) is 7. The summed E-state index contributed by atoms with van der Waals surface area (Å²) in [6, 6.07) is 19.5. The molecule has 0 bridgehead atoms. The Bertz CT molecular complexity index is 1300. The number of piperazine rings is 1. The molecule has 0 unspecified atom stereocenters. The highest BCUT2D eigenvalue weighted by Gasteiger charge is 2.32. The lowest BCUT2D eigenvalue weighted by molar-refractivity contribution is 0.0995. The number of hydrogen-bond donors (Lipinski definition) is 1. The molecule has 38 heavy (non-hydrogen) atoms. The minimum Gasteiger partial charge on any atom is -0.364 e. The van der Waals surface area contributed by atoms with E-state index in [1.54, 1.807) is 34.0 Å². The Hall–Kier alpha value is -2.63. The Labute approximate surface area is 229 Å². The molecule has 0 radical (unpaired) electrons. The molecule has 3 heterocycles. The van der Waals surface area contributed by atoms with Crippen molar-refractivity contribution in [3.8, 4) is 0 Å². The van der Waals surface area contributed by atoms with Gasteiger partial charge in [0.05, 0.1) is 9.90 Å². The van der Waals surface area contributed by atoms with Crippen LogP contribution < -0.4 is 5.73 Å². The summed E-state index contributed by atoms with van der Waals surface area (Å²) in [7, 11) is -3.47. The van der Waals surface area contributed by atoms with Crippen molar-refractivity contribution < 1.29 is 13.2 Å². The number of carbonyl (C=O) groups excluding carboxylic acids is 1. The second kappa shape index (κ2) is 12.0. The van der Waals surface area contributed by atoms with Crippen LogP contribution in [0.3, 0.4) is 0 Å². The quantitative estimate of drug-likeness (QED) is 0.435. The zero-order chi connectivity index (χ0) is 26.5. The number of thiazole rings is 1. The van der Waals surface area contributed by atoms with E-state index in [2.05, 4.69) is 39.0 Å². The fourth-order valence-electron chi connectivity index (χ4n) is 5.53. The molecule has 2 N–H and O–H groups in total. The number of amides is 1. The molecule has 5 rings (SSSR count). The Kier molecular flexibility index (Phi) is 8.54. The predicted octanol–water partition coefficient (Wildman–Crippen LogP) is 3.56. The highest BCUT2D eigenvalue weighted by Crippen LogP contribution is 2.32. The number of carbonyl (C=O) groups is 1. The largest absolute Gasteiger partial charge is 0.364 e. The molecule has 1 atom stereocenters.